The molecule has 0 aromatic heterocycles. The van der Waals surface area contributed by atoms with E-state index in [2.05, 4.69) is 18.8 Å². The molecule has 0 heterocycles. The van der Waals surface area contributed by atoms with E-state index in [1.807, 2.05) is 30.0 Å². The van der Waals surface area contributed by atoms with Crippen LogP contribution < -0.4 is 4.74 Å². The molecule has 0 saturated carbocycles. The molecule has 104 valence electrons. The normalized spacial score (nSPS) is 9.84. The number of unbranched alkanes of at least 4 members (excludes halogenated alkanes) is 2. The summed E-state index contributed by atoms with van der Waals surface area (Å²) in [5.41, 5.74) is 2.17. The summed E-state index contributed by atoms with van der Waals surface area (Å²) in [6.07, 6.45) is 3.82. The van der Waals surface area contributed by atoms with E-state index in [9.17, 15) is 0 Å². The molecule has 0 saturated heterocycles. The maximum absolute atomic E-state index is 8.79. The van der Waals surface area contributed by atoms with Gasteiger partial charge in [0.25, 0.3) is 0 Å². The van der Waals surface area contributed by atoms with Crippen molar-refractivity contribution in [3.63, 3.8) is 0 Å². The third-order valence-corrected chi connectivity index (χ3v) is 3.86. The first kappa shape index (κ1) is 15.9. The van der Waals surface area contributed by atoms with Crippen molar-refractivity contribution < 1.29 is 9.84 Å². The molecule has 0 unspecified atom stereocenters. The number of thioether (sulfide) groups is 1. The second-order valence-electron chi connectivity index (χ2n) is 4.24. The van der Waals surface area contributed by atoms with Crippen molar-refractivity contribution in [2.24, 2.45) is 0 Å². The summed E-state index contributed by atoms with van der Waals surface area (Å²) in [5.74, 6) is 8.69. The minimum absolute atomic E-state index is 0.102. The van der Waals surface area contributed by atoms with E-state index < -0.39 is 0 Å². The minimum Gasteiger partial charge on any atom is -0.497 e. The van der Waals surface area contributed by atoms with Crippen molar-refractivity contribution in [1.82, 2.24) is 0 Å². The summed E-state index contributed by atoms with van der Waals surface area (Å²) >= 11 is 1.93. The molecule has 1 rings (SSSR count). The van der Waals surface area contributed by atoms with Gasteiger partial charge in [0, 0.05) is 11.3 Å². The lowest BCUT2D eigenvalue weighted by molar-refractivity contribution is 0.350. The number of hydrogen-bond acceptors (Lipinski definition) is 3. The smallest absolute Gasteiger partial charge is 0.119 e. The van der Waals surface area contributed by atoms with E-state index in [1.165, 1.54) is 30.6 Å². The van der Waals surface area contributed by atoms with Crippen molar-refractivity contribution in [3.8, 4) is 17.6 Å². The molecule has 0 radical (unpaired) electrons. The fraction of sp³-hybridized carbons (Fsp3) is 0.500. The molecular weight excluding hydrogens is 256 g/mol. The zero-order valence-electron chi connectivity index (χ0n) is 11.7. The standard InChI is InChI=1S/C16H22O2S/c1-3-4-5-11-19-13-15-12-16(18-2)9-8-14(15)7-6-10-17/h8-9,12,17H,3-5,10-11,13H2,1-2H3. The van der Waals surface area contributed by atoms with Gasteiger partial charge in [0.15, 0.2) is 0 Å². The predicted octanol–water partition coefficient (Wildman–Crippen LogP) is 3.46. The largest absolute Gasteiger partial charge is 0.497 e. The Morgan fingerprint density at radius 2 is 2.16 bits per heavy atom. The number of aliphatic hydroxyl groups is 1. The maximum atomic E-state index is 8.79. The lowest BCUT2D eigenvalue weighted by Gasteiger charge is -2.07. The maximum Gasteiger partial charge on any atom is 0.119 e. The molecule has 0 bridgehead atoms. The van der Waals surface area contributed by atoms with Crippen molar-refractivity contribution in [2.45, 2.75) is 31.9 Å². The van der Waals surface area contributed by atoms with Crippen LogP contribution >= 0.6 is 11.8 Å². The minimum atomic E-state index is -0.102. The van der Waals surface area contributed by atoms with Crippen molar-refractivity contribution in [2.75, 3.05) is 19.5 Å². The number of methoxy groups -OCH3 is 1. The van der Waals surface area contributed by atoms with Crippen LogP contribution in [0.4, 0.5) is 0 Å². The van der Waals surface area contributed by atoms with E-state index in [0.717, 1.165) is 17.1 Å². The van der Waals surface area contributed by atoms with Gasteiger partial charge in [-0.3, -0.25) is 0 Å². The Kier molecular flexibility index (Phi) is 8.20. The van der Waals surface area contributed by atoms with Gasteiger partial charge in [-0.15, -0.1) is 0 Å². The Bertz CT molecular complexity index is 432. The summed E-state index contributed by atoms with van der Waals surface area (Å²) in [6.45, 7) is 2.12. The highest BCUT2D eigenvalue weighted by Crippen LogP contribution is 2.22. The van der Waals surface area contributed by atoms with Crippen LogP contribution in [0, 0.1) is 11.8 Å². The van der Waals surface area contributed by atoms with E-state index in [0.29, 0.717) is 0 Å². The van der Waals surface area contributed by atoms with E-state index in [4.69, 9.17) is 9.84 Å². The SMILES string of the molecule is CCCCCSCc1cc(OC)ccc1C#CCO. The second kappa shape index (κ2) is 9.77. The second-order valence-corrected chi connectivity index (χ2v) is 5.35. The van der Waals surface area contributed by atoms with Crippen LogP contribution in [-0.4, -0.2) is 24.6 Å². The molecule has 0 aliphatic heterocycles. The zero-order valence-corrected chi connectivity index (χ0v) is 12.6. The zero-order chi connectivity index (χ0) is 13.9. The molecule has 0 spiro atoms. The number of ether oxygens (including phenoxy) is 1. The molecule has 0 amide bonds. The van der Waals surface area contributed by atoms with Gasteiger partial charge in [0.1, 0.15) is 12.4 Å². The Morgan fingerprint density at radius 3 is 2.84 bits per heavy atom. The fourth-order valence-corrected chi connectivity index (χ4v) is 2.72. The van der Waals surface area contributed by atoms with E-state index in [-0.39, 0.29) is 6.61 Å². The van der Waals surface area contributed by atoms with Gasteiger partial charge in [0.05, 0.1) is 7.11 Å². The number of benzene rings is 1. The third kappa shape index (κ3) is 6.04. The first-order chi connectivity index (χ1) is 9.31. The average molecular weight is 278 g/mol. The summed E-state index contributed by atoms with van der Waals surface area (Å²) in [4.78, 5) is 0. The van der Waals surface area contributed by atoms with Gasteiger partial charge < -0.3 is 9.84 Å². The van der Waals surface area contributed by atoms with Crippen LogP contribution in [0.25, 0.3) is 0 Å². The van der Waals surface area contributed by atoms with Crippen LogP contribution in [0.15, 0.2) is 18.2 Å². The highest BCUT2D eigenvalue weighted by atomic mass is 32.2. The van der Waals surface area contributed by atoms with Gasteiger partial charge >= 0.3 is 0 Å². The Labute approximate surface area is 120 Å². The molecule has 3 heteroatoms. The third-order valence-electron chi connectivity index (χ3n) is 2.76. The molecule has 2 nitrogen and oxygen atoms in total. The topological polar surface area (TPSA) is 29.5 Å². The summed E-state index contributed by atoms with van der Waals surface area (Å²) in [7, 11) is 1.67. The first-order valence-corrected chi connectivity index (χ1v) is 7.81. The molecule has 1 N–H and O–H groups in total. The van der Waals surface area contributed by atoms with Gasteiger partial charge in [-0.2, -0.15) is 11.8 Å². The van der Waals surface area contributed by atoms with Crippen molar-refractivity contribution in [3.05, 3.63) is 29.3 Å². The first-order valence-electron chi connectivity index (χ1n) is 6.66. The molecular formula is C16H22O2S. The molecule has 1 aromatic rings. The van der Waals surface area contributed by atoms with Gasteiger partial charge in [0.2, 0.25) is 0 Å². The molecule has 0 atom stereocenters. The summed E-state index contributed by atoms with van der Waals surface area (Å²) in [5, 5.41) is 8.79. The van der Waals surface area contributed by atoms with Crippen LogP contribution in [-0.2, 0) is 5.75 Å². The molecule has 19 heavy (non-hydrogen) atoms. The van der Waals surface area contributed by atoms with Crippen LogP contribution in [0.2, 0.25) is 0 Å². The Balaban J connectivity index is 2.66. The monoisotopic (exact) mass is 278 g/mol. The van der Waals surface area contributed by atoms with Crippen LogP contribution in [0.5, 0.6) is 5.75 Å². The molecule has 0 aliphatic rings. The molecule has 0 fully saturated rings. The molecule has 0 aliphatic carbocycles. The van der Waals surface area contributed by atoms with E-state index >= 15 is 0 Å². The van der Waals surface area contributed by atoms with E-state index in [1.54, 1.807) is 7.11 Å². The summed E-state index contributed by atoms with van der Waals surface area (Å²) in [6, 6.07) is 5.91. The highest BCUT2D eigenvalue weighted by Gasteiger charge is 2.03. The number of aliphatic hydroxyl groups excluding tert-OH is 1. The average Bonchev–Trinajstić information content (AvgIpc) is 2.45. The lowest BCUT2D eigenvalue weighted by Crippen LogP contribution is -1.92. The Hall–Kier alpha value is -1.11. The lowest BCUT2D eigenvalue weighted by atomic mass is 10.1. The highest BCUT2D eigenvalue weighted by molar-refractivity contribution is 7.98. The number of rotatable bonds is 7. The van der Waals surface area contributed by atoms with Gasteiger partial charge in [-0.05, 0) is 35.9 Å². The van der Waals surface area contributed by atoms with Gasteiger partial charge in [-0.25, -0.2) is 0 Å². The Morgan fingerprint density at radius 1 is 1.32 bits per heavy atom. The molecule has 1 aromatic carbocycles. The summed E-state index contributed by atoms with van der Waals surface area (Å²) < 4.78 is 5.25. The van der Waals surface area contributed by atoms with Crippen LogP contribution in [0.1, 0.15) is 37.3 Å². The number of hydrogen-bond donors (Lipinski definition) is 1. The van der Waals surface area contributed by atoms with Crippen molar-refractivity contribution >= 4 is 11.8 Å². The quantitative estimate of drug-likeness (QED) is 0.612. The van der Waals surface area contributed by atoms with Crippen LogP contribution in [0.3, 0.4) is 0 Å². The van der Waals surface area contributed by atoms with Crippen molar-refractivity contribution in [1.29, 1.82) is 0 Å². The predicted molar refractivity (Wildman–Crippen MR) is 82.6 cm³/mol. The van der Waals surface area contributed by atoms with Gasteiger partial charge in [-0.1, -0.05) is 31.6 Å². The fourth-order valence-electron chi connectivity index (χ4n) is 1.71.